The molecule has 1 fully saturated rings. The van der Waals surface area contributed by atoms with E-state index in [1.807, 2.05) is 6.92 Å². The normalized spacial score (nSPS) is 22.1. The molecule has 0 aromatic rings. The molecule has 0 aromatic carbocycles. The Hall–Kier alpha value is -0.350. The topological polar surface area (TPSA) is 24.5 Å². The second-order valence-corrected chi connectivity index (χ2v) is 3.89. The minimum absolute atomic E-state index is 0.366. The Balaban J connectivity index is 2.35. The quantitative estimate of drug-likeness (QED) is 0.720. The Morgan fingerprint density at radius 3 is 3.00 bits per heavy atom. The van der Waals surface area contributed by atoms with E-state index in [-0.39, 0.29) is 0 Å². The molecule has 0 spiro atoms. The number of hydrogen-bond acceptors (Lipinski definition) is 2. The van der Waals surface area contributed by atoms with Crippen LogP contribution in [-0.4, -0.2) is 42.4 Å². The minimum atomic E-state index is 0.366. The summed E-state index contributed by atoms with van der Waals surface area (Å²) in [5.41, 5.74) is 0. The molecule has 1 N–H and O–H groups in total. The minimum Gasteiger partial charge on any atom is -0.377 e. The summed E-state index contributed by atoms with van der Waals surface area (Å²) in [4.78, 5) is 2.21. The van der Waals surface area contributed by atoms with Crippen LogP contribution in [0.3, 0.4) is 0 Å². The van der Waals surface area contributed by atoms with Crippen LogP contribution < -0.4 is 5.32 Å². The Bertz CT molecular complexity index is 185. The highest BCUT2D eigenvalue weighted by Gasteiger charge is 2.21. The summed E-state index contributed by atoms with van der Waals surface area (Å²) in [6, 6.07) is 0. The van der Waals surface area contributed by atoms with Gasteiger partial charge >= 0.3 is 0 Å². The SMILES string of the molecule is CCNC(=S)N1CCCC(OCC)C1. The van der Waals surface area contributed by atoms with Crippen molar-refractivity contribution in [3.63, 3.8) is 0 Å². The number of likely N-dealkylation sites (tertiary alicyclic amines) is 1. The van der Waals surface area contributed by atoms with Crippen molar-refractivity contribution in [1.29, 1.82) is 0 Å². The molecule has 1 atom stereocenters. The average molecular weight is 216 g/mol. The summed E-state index contributed by atoms with van der Waals surface area (Å²) in [7, 11) is 0. The summed E-state index contributed by atoms with van der Waals surface area (Å²) in [6.45, 7) is 7.81. The van der Waals surface area contributed by atoms with Crippen molar-refractivity contribution in [1.82, 2.24) is 10.2 Å². The lowest BCUT2D eigenvalue weighted by Gasteiger charge is -2.34. The van der Waals surface area contributed by atoms with Crippen LogP contribution in [-0.2, 0) is 4.74 Å². The van der Waals surface area contributed by atoms with Gasteiger partial charge in [0.2, 0.25) is 0 Å². The van der Waals surface area contributed by atoms with Crippen LogP contribution in [0.4, 0.5) is 0 Å². The standard InChI is InChI=1S/C10H20N2OS/c1-3-11-10(14)12-7-5-6-9(8-12)13-4-2/h9H,3-8H2,1-2H3,(H,11,14). The van der Waals surface area contributed by atoms with Gasteiger partial charge in [-0.05, 0) is 38.9 Å². The van der Waals surface area contributed by atoms with Crippen LogP contribution in [0.5, 0.6) is 0 Å². The molecule has 82 valence electrons. The van der Waals surface area contributed by atoms with Crippen molar-refractivity contribution in [2.24, 2.45) is 0 Å². The summed E-state index contributed by atoms with van der Waals surface area (Å²) in [6.07, 6.45) is 2.71. The molecule has 0 saturated carbocycles. The van der Waals surface area contributed by atoms with Gasteiger partial charge in [-0.15, -0.1) is 0 Å². The van der Waals surface area contributed by atoms with Crippen LogP contribution in [0.25, 0.3) is 0 Å². The van der Waals surface area contributed by atoms with Gasteiger partial charge in [0.25, 0.3) is 0 Å². The monoisotopic (exact) mass is 216 g/mol. The second-order valence-electron chi connectivity index (χ2n) is 3.50. The van der Waals surface area contributed by atoms with Crippen LogP contribution >= 0.6 is 12.2 Å². The molecule has 0 aliphatic carbocycles. The molecule has 0 amide bonds. The zero-order valence-corrected chi connectivity index (χ0v) is 9.90. The third kappa shape index (κ3) is 3.42. The second kappa shape index (κ2) is 6.19. The smallest absolute Gasteiger partial charge is 0.169 e. The Labute approximate surface area is 91.8 Å². The van der Waals surface area contributed by atoms with E-state index < -0.39 is 0 Å². The number of hydrogen-bond donors (Lipinski definition) is 1. The number of nitrogens with zero attached hydrogens (tertiary/aromatic N) is 1. The molecule has 1 heterocycles. The largest absolute Gasteiger partial charge is 0.377 e. The van der Waals surface area contributed by atoms with E-state index in [4.69, 9.17) is 17.0 Å². The molecule has 4 heteroatoms. The number of ether oxygens (including phenoxy) is 1. The Kier molecular flexibility index (Phi) is 5.19. The first-order valence-electron chi connectivity index (χ1n) is 5.42. The highest BCUT2D eigenvalue weighted by atomic mass is 32.1. The Morgan fingerprint density at radius 1 is 1.57 bits per heavy atom. The van der Waals surface area contributed by atoms with Gasteiger partial charge in [-0.3, -0.25) is 0 Å². The van der Waals surface area contributed by atoms with E-state index in [0.717, 1.165) is 31.4 Å². The highest BCUT2D eigenvalue weighted by molar-refractivity contribution is 7.80. The lowest BCUT2D eigenvalue weighted by Crippen LogP contribution is -2.47. The van der Waals surface area contributed by atoms with Crippen molar-refractivity contribution < 1.29 is 4.74 Å². The van der Waals surface area contributed by atoms with E-state index in [1.165, 1.54) is 12.8 Å². The van der Waals surface area contributed by atoms with Crippen molar-refractivity contribution >= 4 is 17.3 Å². The summed E-state index contributed by atoms with van der Waals surface area (Å²) >= 11 is 5.27. The van der Waals surface area contributed by atoms with E-state index in [2.05, 4.69) is 17.1 Å². The van der Waals surface area contributed by atoms with Crippen molar-refractivity contribution in [2.75, 3.05) is 26.2 Å². The molecule has 0 bridgehead atoms. The van der Waals surface area contributed by atoms with E-state index in [1.54, 1.807) is 0 Å². The molecule has 1 aliphatic rings. The maximum Gasteiger partial charge on any atom is 0.169 e. The van der Waals surface area contributed by atoms with Crippen molar-refractivity contribution in [2.45, 2.75) is 32.8 Å². The zero-order chi connectivity index (χ0) is 10.4. The average Bonchev–Trinajstić information content (AvgIpc) is 2.19. The van der Waals surface area contributed by atoms with Gasteiger partial charge in [0.15, 0.2) is 5.11 Å². The van der Waals surface area contributed by atoms with Gasteiger partial charge in [0.05, 0.1) is 6.10 Å². The van der Waals surface area contributed by atoms with Gasteiger partial charge in [-0.25, -0.2) is 0 Å². The van der Waals surface area contributed by atoms with Gasteiger partial charge in [-0.1, -0.05) is 0 Å². The lowest BCUT2D eigenvalue weighted by atomic mass is 10.1. The number of rotatable bonds is 3. The first-order valence-corrected chi connectivity index (χ1v) is 5.83. The fraction of sp³-hybridized carbons (Fsp3) is 0.900. The number of piperidine rings is 1. The molecular formula is C10H20N2OS. The van der Waals surface area contributed by atoms with Gasteiger partial charge < -0.3 is 15.0 Å². The molecule has 1 unspecified atom stereocenters. The predicted octanol–water partition coefficient (Wildman–Crippen LogP) is 1.38. The van der Waals surface area contributed by atoms with Crippen molar-refractivity contribution in [3.05, 3.63) is 0 Å². The summed E-state index contributed by atoms with van der Waals surface area (Å²) < 4.78 is 5.61. The number of thiocarbonyl (C=S) groups is 1. The van der Waals surface area contributed by atoms with Gasteiger partial charge in [0.1, 0.15) is 0 Å². The van der Waals surface area contributed by atoms with E-state index in [9.17, 15) is 0 Å². The first-order chi connectivity index (χ1) is 6.77. The summed E-state index contributed by atoms with van der Waals surface area (Å²) in [5, 5.41) is 4.05. The zero-order valence-electron chi connectivity index (χ0n) is 9.08. The third-order valence-electron chi connectivity index (χ3n) is 2.40. The Morgan fingerprint density at radius 2 is 2.36 bits per heavy atom. The van der Waals surface area contributed by atoms with Crippen molar-refractivity contribution in [3.8, 4) is 0 Å². The van der Waals surface area contributed by atoms with Gasteiger partial charge in [0, 0.05) is 26.2 Å². The van der Waals surface area contributed by atoms with E-state index in [0.29, 0.717) is 6.10 Å². The molecular weight excluding hydrogens is 196 g/mol. The highest BCUT2D eigenvalue weighted by Crippen LogP contribution is 2.13. The maximum atomic E-state index is 5.61. The fourth-order valence-corrected chi connectivity index (χ4v) is 2.07. The first kappa shape index (κ1) is 11.7. The van der Waals surface area contributed by atoms with Crippen LogP contribution in [0, 0.1) is 0 Å². The number of nitrogens with one attached hydrogen (secondary N) is 1. The summed E-state index contributed by atoms with van der Waals surface area (Å²) in [5.74, 6) is 0. The molecule has 1 aliphatic heterocycles. The van der Waals surface area contributed by atoms with Gasteiger partial charge in [-0.2, -0.15) is 0 Å². The molecule has 14 heavy (non-hydrogen) atoms. The fourth-order valence-electron chi connectivity index (χ4n) is 1.76. The molecule has 0 aromatic heterocycles. The maximum absolute atomic E-state index is 5.61. The predicted molar refractivity (Wildman–Crippen MR) is 62.5 cm³/mol. The van der Waals surface area contributed by atoms with Crippen LogP contribution in [0.1, 0.15) is 26.7 Å². The molecule has 0 radical (unpaired) electrons. The molecule has 1 rings (SSSR count). The van der Waals surface area contributed by atoms with Crippen LogP contribution in [0.15, 0.2) is 0 Å². The third-order valence-corrected chi connectivity index (χ3v) is 2.80. The molecule has 1 saturated heterocycles. The van der Waals surface area contributed by atoms with Crippen LogP contribution in [0.2, 0.25) is 0 Å². The molecule has 3 nitrogen and oxygen atoms in total. The lowest BCUT2D eigenvalue weighted by molar-refractivity contribution is 0.0234. The van der Waals surface area contributed by atoms with E-state index >= 15 is 0 Å².